The van der Waals surface area contributed by atoms with Crippen molar-refractivity contribution in [2.75, 3.05) is 39.3 Å². The first-order chi connectivity index (χ1) is 15.5. The molecular weight excluding hydrogens is 428 g/mol. The number of nitrogens with zero attached hydrogens (tertiary/aromatic N) is 2. The van der Waals surface area contributed by atoms with Gasteiger partial charge >= 0.3 is 12.0 Å². The summed E-state index contributed by atoms with van der Waals surface area (Å²) in [5, 5.41) is 6.38. The normalized spacial score (nSPS) is 23.6. The minimum Gasteiger partial charge on any atom is -0.463 e. The highest BCUT2D eigenvalue weighted by molar-refractivity contribution is 6.30. The number of likely N-dealkylation sites (tertiary alicyclic amines) is 2. The van der Waals surface area contributed by atoms with E-state index >= 15 is 0 Å². The summed E-state index contributed by atoms with van der Waals surface area (Å²) in [6.45, 7) is 6.93. The summed E-state index contributed by atoms with van der Waals surface area (Å²) < 4.78 is 5.37. The Bertz CT molecular complexity index is 843. The molecule has 2 saturated heterocycles. The zero-order chi connectivity index (χ0) is 22.5. The molecule has 1 aromatic rings. The minimum absolute atomic E-state index is 0.276. The molecule has 8 heteroatoms. The Balaban J connectivity index is 1.52. The molecule has 32 heavy (non-hydrogen) atoms. The van der Waals surface area contributed by atoms with E-state index in [0.29, 0.717) is 28.9 Å². The number of piperidine rings is 2. The van der Waals surface area contributed by atoms with Crippen molar-refractivity contribution in [3.05, 3.63) is 46.1 Å². The largest absolute Gasteiger partial charge is 0.463 e. The van der Waals surface area contributed by atoms with E-state index in [0.717, 1.165) is 31.5 Å². The van der Waals surface area contributed by atoms with E-state index < -0.39 is 12.0 Å². The molecule has 0 spiro atoms. The van der Waals surface area contributed by atoms with Gasteiger partial charge in [-0.3, -0.25) is 4.90 Å². The molecule has 4 rings (SSSR count). The third kappa shape index (κ3) is 5.45. The Morgan fingerprint density at radius 3 is 2.44 bits per heavy atom. The smallest absolute Gasteiger partial charge is 0.338 e. The van der Waals surface area contributed by atoms with Crippen molar-refractivity contribution in [3.63, 3.8) is 0 Å². The molecule has 0 unspecified atom stereocenters. The van der Waals surface area contributed by atoms with Gasteiger partial charge in [0.2, 0.25) is 0 Å². The van der Waals surface area contributed by atoms with Crippen molar-refractivity contribution >= 4 is 23.6 Å². The summed E-state index contributed by atoms with van der Waals surface area (Å²) in [6.07, 6.45) is 6.20. The number of nitrogens with one attached hydrogen (secondary N) is 2. The van der Waals surface area contributed by atoms with Gasteiger partial charge in [-0.25, -0.2) is 9.59 Å². The van der Waals surface area contributed by atoms with Gasteiger partial charge in [-0.05, 0) is 63.4 Å². The van der Waals surface area contributed by atoms with Crippen molar-refractivity contribution in [1.82, 2.24) is 20.4 Å². The number of esters is 1. The Morgan fingerprint density at radius 1 is 1.09 bits per heavy atom. The highest BCUT2D eigenvalue weighted by Crippen LogP contribution is 2.30. The number of hydrogen-bond donors (Lipinski definition) is 2. The van der Waals surface area contributed by atoms with Crippen molar-refractivity contribution < 1.29 is 14.3 Å². The molecule has 0 aromatic heterocycles. The van der Waals surface area contributed by atoms with Gasteiger partial charge in [0, 0.05) is 36.4 Å². The lowest BCUT2D eigenvalue weighted by Crippen LogP contribution is -2.51. The molecule has 7 nitrogen and oxygen atoms in total. The molecule has 0 bridgehead atoms. The number of carbonyl (C=O) groups is 2. The third-order valence-corrected chi connectivity index (χ3v) is 6.95. The second-order valence-corrected chi connectivity index (χ2v) is 9.24. The SMILES string of the molecule is CCOC(=O)C1=C(CN2CCC(N3CCCCC3)CC2)NC(=O)N[C@@H]1c1ccc(Cl)cc1. The van der Waals surface area contributed by atoms with Crippen LogP contribution in [0.2, 0.25) is 5.02 Å². The van der Waals surface area contributed by atoms with E-state index in [1.165, 1.54) is 32.4 Å². The predicted molar refractivity (Wildman–Crippen MR) is 124 cm³/mol. The van der Waals surface area contributed by atoms with Crippen LogP contribution in [0.15, 0.2) is 35.5 Å². The van der Waals surface area contributed by atoms with Crippen LogP contribution in [0.5, 0.6) is 0 Å². The molecule has 2 amide bonds. The maximum atomic E-state index is 12.9. The van der Waals surface area contributed by atoms with Gasteiger partial charge in [0.1, 0.15) is 0 Å². The second kappa shape index (κ2) is 10.7. The van der Waals surface area contributed by atoms with E-state index in [4.69, 9.17) is 16.3 Å². The summed E-state index contributed by atoms with van der Waals surface area (Å²) in [5.74, 6) is -0.404. The van der Waals surface area contributed by atoms with Gasteiger partial charge in [-0.1, -0.05) is 30.2 Å². The van der Waals surface area contributed by atoms with Gasteiger partial charge in [0.15, 0.2) is 0 Å². The minimum atomic E-state index is -0.569. The van der Waals surface area contributed by atoms with Gasteiger partial charge in [-0.15, -0.1) is 0 Å². The molecule has 3 aliphatic heterocycles. The van der Waals surface area contributed by atoms with Crippen molar-refractivity contribution in [1.29, 1.82) is 0 Å². The number of urea groups is 1. The van der Waals surface area contributed by atoms with E-state index in [1.807, 2.05) is 12.1 Å². The van der Waals surface area contributed by atoms with Crippen LogP contribution in [-0.2, 0) is 9.53 Å². The average Bonchev–Trinajstić information content (AvgIpc) is 2.80. The van der Waals surface area contributed by atoms with E-state index in [-0.39, 0.29) is 12.6 Å². The molecular formula is C24H33ClN4O3. The molecule has 0 aliphatic carbocycles. The molecule has 3 aliphatic rings. The van der Waals surface area contributed by atoms with E-state index in [9.17, 15) is 9.59 Å². The van der Waals surface area contributed by atoms with E-state index in [1.54, 1.807) is 19.1 Å². The molecule has 1 aromatic carbocycles. The van der Waals surface area contributed by atoms with Gasteiger partial charge in [0.25, 0.3) is 0 Å². The number of carbonyl (C=O) groups excluding carboxylic acids is 2. The number of benzene rings is 1. The number of rotatable bonds is 6. The second-order valence-electron chi connectivity index (χ2n) is 8.80. The highest BCUT2D eigenvalue weighted by Gasteiger charge is 2.35. The zero-order valence-corrected chi connectivity index (χ0v) is 19.5. The van der Waals surface area contributed by atoms with Crippen LogP contribution in [0.3, 0.4) is 0 Å². The zero-order valence-electron chi connectivity index (χ0n) is 18.7. The van der Waals surface area contributed by atoms with Gasteiger partial charge in [-0.2, -0.15) is 0 Å². The Hall–Kier alpha value is -2.09. The summed E-state index contributed by atoms with van der Waals surface area (Å²) in [4.78, 5) is 30.4. The van der Waals surface area contributed by atoms with Crippen LogP contribution < -0.4 is 10.6 Å². The molecule has 0 saturated carbocycles. The lowest BCUT2D eigenvalue weighted by atomic mass is 9.94. The van der Waals surface area contributed by atoms with Crippen LogP contribution in [-0.4, -0.2) is 67.2 Å². The summed E-state index contributed by atoms with van der Waals surface area (Å²) in [7, 11) is 0. The quantitative estimate of drug-likeness (QED) is 0.636. The molecule has 174 valence electrons. The maximum Gasteiger partial charge on any atom is 0.338 e. The monoisotopic (exact) mass is 460 g/mol. The molecule has 2 fully saturated rings. The third-order valence-electron chi connectivity index (χ3n) is 6.70. The lowest BCUT2D eigenvalue weighted by Gasteiger charge is -2.41. The predicted octanol–water partition coefficient (Wildman–Crippen LogP) is 3.46. The number of halogens is 1. The van der Waals surface area contributed by atoms with Crippen molar-refractivity contribution in [2.24, 2.45) is 0 Å². The standard InChI is InChI=1S/C24H33ClN4O3/c1-2-32-23(30)21-20(26-24(31)27-22(21)17-6-8-18(25)9-7-17)16-28-14-10-19(11-15-28)29-12-4-3-5-13-29/h6-9,19,22H,2-5,10-16H2,1H3,(H2,26,27,31)/t22-/m1/s1. The number of amides is 2. The average molecular weight is 461 g/mol. The van der Waals surface area contributed by atoms with Crippen LogP contribution >= 0.6 is 11.6 Å². The first-order valence-corrected chi connectivity index (χ1v) is 12.1. The Kier molecular flexibility index (Phi) is 7.71. The van der Waals surface area contributed by atoms with Gasteiger partial charge < -0.3 is 20.3 Å². The number of ether oxygens (including phenoxy) is 1. The van der Waals surface area contributed by atoms with Crippen LogP contribution in [0.1, 0.15) is 50.6 Å². The fourth-order valence-corrected chi connectivity index (χ4v) is 5.17. The summed E-state index contributed by atoms with van der Waals surface area (Å²) in [6, 6.07) is 6.96. The fraction of sp³-hybridized carbons (Fsp3) is 0.583. The summed E-state index contributed by atoms with van der Waals surface area (Å²) >= 11 is 6.04. The summed E-state index contributed by atoms with van der Waals surface area (Å²) in [5.41, 5.74) is 1.89. The first kappa shape index (κ1) is 23.1. The molecule has 2 N–H and O–H groups in total. The van der Waals surface area contributed by atoms with Crippen molar-refractivity contribution in [2.45, 2.75) is 51.1 Å². The first-order valence-electron chi connectivity index (χ1n) is 11.7. The highest BCUT2D eigenvalue weighted by atomic mass is 35.5. The Labute approximate surface area is 195 Å². The fourth-order valence-electron chi connectivity index (χ4n) is 5.05. The van der Waals surface area contributed by atoms with Crippen molar-refractivity contribution in [3.8, 4) is 0 Å². The molecule has 3 heterocycles. The Morgan fingerprint density at radius 2 is 1.78 bits per heavy atom. The van der Waals surface area contributed by atoms with Crippen LogP contribution in [0, 0.1) is 0 Å². The van der Waals surface area contributed by atoms with E-state index in [2.05, 4.69) is 20.4 Å². The van der Waals surface area contributed by atoms with Crippen LogP contribution in [0.25, 0.3) is 0 Å². The maximum absolute atomic E-state index is 12.9. The lowest BCUT2D eigenvalue weighted by molar-refractivity contribution is -0.139. The van der Waals surface area contributed by atoms with Gasteiger partial charge in [0.05, 0.1) is 18.2 Å². The topological polar surface area (TPSA) is 73.9 Å². The molecule has 1 atom stereocenters. The molecule has 0 radical (unpaired) electrons. The number of hydrogen-bond acceptors (Lipinski definition) is 5. The van der Waals surface area contributed by atoms with Crippen LogP contribution in [0.4, 0.5) is 4.79 Å².